The van der Waals surface area contributed by atoms with Gasteiger partial charge in [-0.25, -0.2) is 4.39 Å². The van der Waals surface area contributed by atoms with Crippen LogP contribution in [0.1, 0.15) is 32.0 Å². The van der Waals surface area contributed by atoms with Crippen molar-refractivity contribution < 1.29 is 9.13 Å². The summed E-state index contributed by atoms with van der Waals surface area (Å²) in [5.41, 5.74) is 0.498. The number of nitrogens with zero attached hydrogens (tertiary/aromatic N) is 1. The second kappa shape index (κ2) is 7.35. The van der Waals surface area contributed by atoms with Crippen LogP contribution in [0.3, 0.4) is 0 Å². The molecule has 1 heterocycles. The lowest BCUT2D eigenvalue weighted by Gasteiger charge is -2.24. The molecule has 1 aromatic heterocycles. The Morgan fingerprint density at radius 2 is 2.29 bits per heavy atom. The van der Waals surface area contributed by atoms with E-state index in [1.54, 1.807) is 19.4 Å². The maximum atomic E-state index is 13.7. The van der Waals surface area contributed by atoms with E-state index in [1.165, 1.54) is 6.07 Å². The van der Waals surface area contributed by atoms with Crippen LogP contribution in [0.4, 0.5) is 4.39 Å². The summed E-state index contributed by atoms with van der Waals surface area (Å²) in [6, 6.07) is 3.01. The lowest BCUT2D eigenvalue weighted by atomic mass is 9.95. The monoisotopic (exact) mass is 240 g/mol. The molecule has 0 saturated heterocycles. The molecule has 0 spiro atoms. The van der Waals surface area contributed by atoms with E-state index < -0.39 is 0 Å². The topological polar surface area (TPSA) is 34.2 Å². The zero-order valence-corrected chi connectivity index (χ0v) is 10.7. The maximum absolute atomic E-state index is 13.7. The van der Waals surface area contributed by atoms with Crippen molar-refractivity contribution in [2.24, 2.45) is 5.92 Å². The molecule has 4 heteroatoms. The summed E-state index contributed by atoms with van der Waals surface area (Å²) >= 11 is 0. The van der Waals surface area contributed by atoms with Crippen LogP contribution in [0, 0.1) is 11.7 Å². The maximum Gasteiger partial charge on any atom is 0.146 e. The predicted octanol–water partition coefficient (Wildman–Crippen LogP) is 2.54. The minimum Gasteiger partial charge on any atom is -0.385 e. The molecule has 0 bridgehead atoms. The first-order chi connectivity index (χ1) is 8.20. The number of ether oxygens (including phenoxy) is 1. The highest BCUT2D eigenvalue weighted by Gasteiger charge is 2.22. The highest BCUT2D eigenvalue weighted by Crippen LogP contribution is 2.24. The number of rotatable bonds is 7. The molecule has 0 aliphatic heterocycles. The molecule has 3 nitrogen and oxygen atoms in total. The number of hydrogen-bond donors (Lipinski definition) is 1. The SMILES string of the molecule is CCNC(c1ncccc1F)C(C)CCOC. The summed E-state index contributed by atoms with van der Waals surface area (Å²) in [5, 5.41) is 3.29. The van der Waals surface area contributed by atoms with E-state index >= 15 is 0 Å². The van der Waals surface area contributed by atoms with Crippen LogP contribution in [0.15, 0.2) is 18.3 Å². The summed E-state index contributed by atoms with van der Waals surface area (Å²) < 4.78 is 18.8. The molecule has 17 heavy (non-hydrogen) atoms. The van der Waals surface area contributed by atoms with Gasteiger partial charge in [-0.05, 0) is 31.0 Å². The molecule has 1 rings (SSSR count). The van der Waals surface area contributed by atoms with Gasteiger partial charge in [-0.1, -0.05) is 13.8 Å². The highest BCUT2D eigenvalue weighted by molar-refractivity contribution is 5.12. The molecule has 0 radical (unpaired) electrons. The first-order valence-corrected chi connectivity index (χ1v) is 6.03. The fraction of sp³-hybridized carbons (Fsp3) is 0.615. The van der Waals surface area contributed by atoms with Crippen LogP contribution < -0.4 is 5.32 Å². The highest BCUT2D eigenvalue weighted by atomic mass is 19.1. The standard InChI is InChI=1S/C13H21FN2O/c1-4-15-12(10(2)7-9-17-3)13-11(14)6-5-8-16-13/h5-6,8,10,12,15H,4,7,9H2,1-3H3. The van der Waals surface area contributed by atoms with Gasteiger partial charge in [0.2, 0.25) is 0 Å². The minimum atomic E-state index is -0.247. The second-order valence-electron chi connectivity index (χ2n) is 4.16. The zero-order chi connectivity index (χ0) is 12.7. The quantitative estimate of drug-likeness (QED) is 0.795. The van der Waals surface area contributed by atoms with E-state index in [2.05, 4.69) is 17.2 Å². The van der Waals surface area contributed by atoms with E-state index in [4.69, 9.17) is 4.74 Å². The Balaban J connectivity index is 2.81. The van der Waals surface area contributed by atoms with Crippen molar-refractivity contribution in [2.75, 3.05) is 20.3 Å². The van der Waals surface area contributed by atoms with Crippen molar-refractivity contribution in [3.05, 3.63) is 29.8 Å². The number of halogens is 1. The van der Waals surface area contributed by atoms with Crippen LogP contribution >= 0.6 is 0 Å². The Hall–Kier alpha value is -1.00. The first-order valence-electron chi connectivity index (χ1n) is 6.03. The molecule has 2 unspecified atom stereocenters. The smallest absolute Gasteiger partial charge is 0.146 e. The molecule has 0 aromatic carbocycles. The molecule has 96 valence electrons. The van der Waals surface area contributed by atoms with Gasteiger partial charge in [0.25, 0.3) is 0 Å². The summed E-state index contributed by atoms with van der Waals surface area (Å²) in [7, 11) is 1.68. The number of nitrogens with one attached hydrogen (secondary N) is 1. The third-order valence-electron chi connectivity index (χ3n) is 2.85. The van der Waals surface area contributed by atoms with Crippen LogP contribution in [-0.4, -0.2) is 25.2 Å². The largest absolute Gasteiger partial charge is 0.385 e. The summed E-state index contributed by atoms with van der Waals surface area (Å²) in [6.45, 7) is 5.56. The van der Waals surface area contributed by atoms with E-state index in [0.29, 0.717) is 12.3 Å². The van der Waals surface area contributed by atoms with E-state index in [1.807, 2.05) is 6.92 Å². The normalized spacial score (nSPS) is 14.6. The lowest BCUT2D eigenvalue weighted by Crippen LogP contribution is -2.29. The lowest BCUT2D eigenvalue weighted by molar-refractivity contribution is 0.169. The zero-order valence-electron chi connectivity index (χ0n) is 10.7. The average molecular weight is 240 g/mol. The average Bonchev–Trinajstić information content (AvgIpc) is 2.34. The van der Waals surface area contributed by atoms with E-state index in [9.17, 15) is 4.39 Å². The van der Waals surface area contributed by atoms with Crippen molar-refractivity contribution in [1.82, 2.24) is 10.3 Å². The van der Waals surface area contributed by atoms with Gasteiger partial charge in [0.05, 0.1) is 11.7 Å². The Kier molecular flexibility index (Phi) is 6.08. The van der Waals surface area contributed by atoms with Crippen molar-refractivity contribution in [2.45, 2.75) is 26.3 Å². The van der Waals surface area contributed by atoms with Gasteiger partial charge in [0, 0.05) is 19.9 Å². The van der Waals surface area contributed by atoms with Crippen molar-refractivity contribution in [3.8, 4) is 0 Å². The molecule has 1 N–H and O–H groups in total. The Bertz CT molecular complexity index is 333. The Morgan fingerprint density at radius 1 is 1.53 bits per heavy atom. The van der Waals surface area contributed by atoms with Crippen molar-refractivity contribution in [3.63, 3.8) is 0 Å². The van der Waals surface area contributed by atoms with Crippen LogP contribution in [0.2, 0.25) is 0 Å². The first kappa shape index (κ1) is 14.1. The van der Waals surface area contributed by atoms with Gasteiger partial charge in [-0.3, -0.25) is 4.98 Å². The van der Waals surface area contributed by atoms with Crippen molar-refractivity contribution in [1.29, 1.82) is 0 Å². The van der Waals surface area contributed by atoms with Crippen LogP contribution in [0.5, 0.6) is 0 Å². The Morgan fingerprint density at radius 3 is 2.88 bits per heavy atom. The molecule has 0 fully saturated rings. The van der Waals surface area contributed by atoms with Crippen LogP contribution in [0.25, 0.3) is 0 Å². The molecular weight excluding hydrogens is 219 g/mol. The van der Waals surface area contributed by atoms with Gasteiger partial charge in [-0.15, -0.1) is 0 Å². The summed E-state index contributed by atoms with van der Waals surface area (Å²) in [6.07, 6.45) is 2.51. The molecule has 2 atom stereocenters. The van der Waals surface area contributed by atoms with Gasteiger partial charge >= 0.3 is 0 Å². The molecule has 0 amide bonds. The molecule has 0 saturated carbocycles. The minimum absolute atomic E-state index is 0.0589. The van der Waals surface area contributed by atoms with Gasteiger partial charge in [0.1, 0.15) is 5.82 Å². The van der Waals surface area contributed by atoms with Gasteiger partial charge in [-0.2, -0.15) is 0 Å². The Labute approximate surface area is 102 Å². The third kappa shape index (κ3) is 4.06. The molecule has 0 aliphatic carbocycles. The van der Waals surface area contributed by atoms with Crippen molar-refractivity contribution >= 4 is 0 Å². The molecule has 0 aliphatic rings. The molecular formula is C13H21FN2O. The van der Waals surface area contributed by atoms with Gasteiger partial charge < -0.3 is 10.1 Å². The molecule has 1 aromatic rings. The summed E-state index contributed by atoms with van der Waals surface area (Å²) in [5.74, 6) is 0.0296. The number of methoxy groups -OCH3 is 1. The number of pyridine rings is 1. The number of hydrogen-bond acceptors (Lipinski definition) is 3. The van der Waals surface area contributed by atoms with E-state index in [-0.39, 0.29) is 17.8 Å². The fourth-order valence-corrected chi connectivity index (χ4v) is 1.88. The third-order valence-corrected chi connectivity index (χ3v) is 2.85. The second-order valence-corrected chi connectivity index (χ2v) is 4.16. The fourth-order valence-electron chi connectivity index (χ4n) is 1.88. The number of aromatic nitrogens is 1. The van der Waals surface area contributed by atoms with Gasteiger partial charge in [0.15, 0.2) is 0 Å². The summed E-state index contributed by atoms with van der Waals surface area (Å²) in [4.78, 5) is 4.15. The van der Waals surface area contributed by atoms with E-state index in [0.717, 1.165) is 13.0 Å². The predicted molar refractivity (Wildman–Crippen MR) is 66.3 cm³/mol. The van der Waals surface area contributed by atoms with Crippen LogP contribution in [-0.2, 0) is 4.74 Å².